The Bertz CT molecular complexity index is 753. The quantitative estimate of drug-likeness (QED) is 0.932. The highest BCUT2D eigenvalue weighted by molar-refractivity contribution is 7.89. The molecular weight excluding hydrogens is 310 g/mol. The van der Waals surface area contributed by atoms with Gasteiger partial charge in [-0.15, -0.1) is 11.3 Å². The number of benzene rings is 1. The minimum Gasteiger partial charge on any atom is -0.320 e. The zero-order valence-corrected chi connectivity index (χ0v) is 13.5. The summed E-state index contributed by atoms with van der Waals surface area (Å²) in [4.78, 5) is 16.0. The number of nitrogens with one attached hydrogen (secondary N) is 1. The van der Waals surface area contributed by atoms with E-state index in [1.807, 2.05) is 0 Å². The smallest absolute Gasteiger partial charge is 0.275 e. The minimum absolute atomic E-state index is 0.131. The molecule has 2 aromatic rings. The number of sulfonamides is 1. The predicted molar refractivity (Wildman–Crippen MR) is 82.1 cm³/mol. The summed E-state index contributed by atoms with van der Waals surface area (Å²) in [7, 11) is -0.615. The van der Waals surface area contributed by atoms with Crippen LogP contribution in [0.5, 0.6) is 0 Å². The predicted octanol–water partition coefficient (Wildman–Crippen LogP) is 1.95. The largest absolute Gasteiger partial charge is 0.320 e. The van der Waals surface area contributed by atoms with Crippen molar-refractivity contribution >= 4 is 33.0 Å². The molecule has 6 nitrogen and oxygen atoms in total. The van der Waals surface area contributed by atoms with Crippen molar-refractivity contribution in [3.05, 3.63) is 40.3 Å². The molecule has 0 saturated carbocycles. The van der Waals surface area contributed by atoms with Crippen LogP contribution in [0.2, 0.25) is 0 Å². The molecule has 1 heterocycles. The van der Waals surface area contributed by atoms with E-state index in [-0.39, 0.29) is 10.8 Å². The Morgan fingerprint density at radius 3 is 2.62 bits per heavy atom. The Labute approximate surface area is 127 Å². The Morgan fingerprint density at radius 1 is 1.33 bits per heavy atom. The molecule has 0 fully saturated rings. The number of carbonyl (C=O) groups excluding carboxylic acids is 1. The number of amides is 1. The van der Waals surface area contributed by atoms with Crippen LogP contribution in [0.4, 0.5) is 5.69 Å². The molecule has 1 amide bonds. The zero-order valence-electron chi connectivity index (χ0n) is 11.8. The lowest BCUT2D eigenvalue weighted by atomic mass is 10.2. The molecule has 2 rings (SSSR count). The first-order valence-electron chi connectivity index (χ1n) is 6.05. The molecular formula is C13H15N3O3S2. The fourth-order valence-corrected chi connectivity index (χ4v) is 3.08. The first-order valence-corrected chi connectivity index (χ1v) is 8.43. The molecule has 1 aromatic heterocycles. The van der Waals surface area contributed by atoms with Gasteiger partial charge < -0.3 is 5.32 Å². The second kappa shape index (κ2) is 5.92. The third-order valence-corrected chi connectivity index (χ3v) is 5.30. The van der Waals surface area contributed by atoms with Crippen molar-refractivity contribution < 1.29 is 13.2 Å². The van der Waals surface area contributed by atoms with Gasteiger partial charge in [0.25, 0.3) is 5.91 Å². The molecule has 0 saturated heterocycles. The average molecular weight is 325 g/mol. The standard InChI is InChI=1S/C13H15N3O3S2/c1-9-4-5-10(21(18,19)16(2)3)6-11(9)15-13(17)12-7-20-8-14-12/h4-8H,1-3H3,(H,15,17). The number of hydrogen-bond donors (Lipinski definition) is 1. The maximum absolute atomic E-state index is 12.1. The lowest BCUT2D eigenvalue weighted by Gasteiger charge is -2.14. The maximum atomic E-state index is 12.1. The summed E-state index contributed by atoms with van der Waals surface area (Å²) < 4.78 is 25.4. The van der Waals surface area contributed by atoms with Crippen molar-refractivity contribution in [2.45, 2.75) is 11.8 Å². The summed E-state index contributed by atoms with van der Waals surface area (Å²) in [5.41, 5.74) is 3.10. The van der Waals surface area contributed by atoms with Gasteiger partial charge in [-0.3, -0.25) is 4.79 Å². The molecule has 0 radical (unpaired) electrons. The number of aromatic nitrogens is 1. The topological polar surface area (TPSA) is 79.4 Å². The number of thiazole rings is 1. The molecule has 0 aliphatic rings. The van der Waals surface area contributed by atoms with Crippen LogP contribution in [-0.4, -0.2) is 37.7 Å². The number of carbonyl (C=O) groups is 1. The molecule has 8 heteroatoms. The summed E-state index contributed by atoms with van der Waals surface area (Å²) in [6.07, 6.45) is 0. The van der Waals surface area contributed by atoms with Crippen molar-refractivity contribution in [3.8, 4) is 0 Å². The van der Waals surface area contributed by atoms with Crippen LogP contribution in [0.3, 0.4) is 0 Å². The minimum atomic E-state index is -3.54. The second-order valence-corrected chi connectivity index (χ2v) is 7.46. The lowest BCUT2D eigenvalue weighted by molar-refractivity contribution is 0.102. The van der Waals surface area contributed by atoms with Crippen LogP contribution in [-0.2, 0) is 10.0 Å². The molecule has 112 valence electrons. The summed E-state index contributed by atoms with van der Waals surface area (Å²) in [6.45, 7) is 1.79. The number of nitrogens with zero attached hydrogens (tertiary/aromatic N) is 2. The summed E-state index contributed by atoms with van der Waals surface area (Å²) in [5.74, 6) is -0.362. The van der Waals surface area contributed by atoms with Gasteiger partial charge in [0, 0.05) is 25.2 Å². The Balaban J connectivity index is 2.35. The summed E-state index contributed by atoms with van der Waals surface area (Å²) in [5, 5.41) is 4.32. The van der Waals surface area contributed by atoms with E-state index in [1.165, 1.54) is 37.6 Å². The molecule has 0 bridgehead atoms. The van der Waals surface area contributed by atoms with Crippen LogP contribution in [0.15, 0.2) is 34.0 Å². The molecule has 1 N–H and O–H groups in total. The number of rotatable bonds is 4. The molecule has 0 atom stereocenters. The molecule has 0 aliphatic carbocycles. The highest BCUT2D eigenvalue weighted by Gasteiger charge is 2.19. The highest BCUT2D eigenvalue weighted by Crippen LogP contribution is 2.22. The lowest BCUT2D eigenvalue weighted by Crippen LogP contribution is -2.22. The Hall–Kier alpha value is -1.77. The SMILES string of the molecule is Cc1ccc(S(=O)(=O)N(C)C)cc1NC(=O)c1cscn1. The first-order chi connectivity index (χ1) is 9.82. The third-order valence-electron chi connectivity index (χ3n) is 2.90. The van der Waals surface area contributed by atoms with Gasteiger partial charge in [-0.05, 0) is 24.6 Å². The maximum Gasteiger partial charge on any atom is 0.275 e. The average Bonchev–Trinajstić information content (AvgIpc) is 2.94. The van der Waals surface area contributed by atoms with Gasteiger partial charge in [0.05, 0.1) is 10.4 Å². The van der Waals surface area contributed by atoms with Crippen molar-refractivity contribution in [3.63, 3.8) is 0 Å². The highest BCUT2D eigenvalue weighted by atomic mass is 32.2. The number of hydrogen-bond acceptors (Lipinski definition) is 5. The third kappa shape index (κ3) is 3.29. The van der Waals surface area contributed by atoms with Crippen LogP contribution in [0, 0.1) is 6.92 Å². The molecule has 21 heavy (non-hydrogen) atoms. The van der Waals surface area contributed by atoms with Gasteiger partial charge >= 0.3 is 0 Å². The van der Waals surface area contributed by atoms with Crippen LogP contribution < -0.4 is 5.32 Å². The van der Waals surface area contributed by atoms with E-state index >= 15 is 0 Å². The van der Waals surface area contributed by atoms with Crippen LogP contribution in [0.1, 0.15) is 16.1 Å². The van der Waals surface area contributed by atoms with E-state index < -0.39 is 10.0 Å². The van der Waals surface area contributed by atoms with E-state index in [0.29, 0.717) is 11.4 Å². The normalized spacial score (nSPS) is 11.6. The first kappa shape index (κ1) is 15.6. The zero-order chi connectivity index (χ0) is 15.6. The van der Waals surface area contributed by atoms with Gasteiger partial charge in [0.15, 0.2) is 0 Å². The molecule has 0 unspecified atom stereocenters. The summed E-state index contributed by atoms with van der Waals surface area (Å²) in [6, 6.07) is 4.63. The van der Waals surface area contributed by atoms with Crippen molar-refractivity contribution in [1.29, 1.82) is 0 Å². The van der Waals surface area contributed by atoms with Crippen LogP contribution in [0.25, 0.3) is 0 Å². The Morgan fingerprint density at radius 2 is 2.05 bits per heavy atom. The van der Waals surface area contributed by atoms with E-state index in [4.69, 9.17) is 0 Å². The van der Waals surface area contributed by atoms with E-state index in [1.54, 1.807) is 23.9 Å². The monoisotopic (exact) mass is 325 g/mol. The van der Waals surface area contributed by atoms with E-state index in [9.17, 15) is 13.2 Å². The van der Waals surface area contributed by atoms with Gasteiger partial charge in [-0.25, -0.2) is 17.7 Å². The fourth-order valence-electron chi connectivity index (χ4n) is 1.62. The fraction of sp³-hybridized carbons (Fsp3) is 0.231. The van der Waals surface area contributed by atoms with Crippen molar-refractivity contribution in [2.24, 2.45) is 0 Å². The van der Waals surface area contributed by atoms with Gasteiger partial charge in [-0.2, -0.15) is 0 Å². The van der Waals surface area contributed by atoms with E-state index in [0.717, 1.165) is 9.87 Å². The van der Waals surface area contributed by atoms with Gasteiger partial charge in [0.1, 0.15) is 5.69 Å². The molecule has 0 aliphatic heterocycles. The summed E-state index contributed by atoms with van der Waals surface area (Å²) >= 11 is 1.32. The molecule has 1 aromatic carbocycles. The van der Waals surface area contributed by atoms with Gasteiger partial charge in [-0.1, -0.05) is 6.07 Å². The Kier molecular flexibility index (Phi) is 4.40. The molecule has 0 spiro atoms. The van der Waals surface area contributed by atoms with Crippen molar-refractivity contribution in [2.75, 3.05) is 19.4 Å². The number of anilines is 1. The second-order valence-electron chi connectivity index (χ2n) is 4.59. The van der Waals surface area contributed by atoms with Crippen LogP contribution >= 0.6 is 11.3 Å². The van der Waals surface area contributed by atoms with E-state index in [2.05, 4.69) is 10.3 Å². The van der Waals surface area contributed by atoms with Gasteiger partial charge in [0.2, 0.25) is 10.0 Å². The van der Waals surface area contributed by atoms with Crippen molar-refractivity contribution in [1.82, 2.24) is 9.29 Å². The number of aryl methyl sites for hydroxylation is 1.